The molecule has 0 saturated carbocycles. The lowest BCUT2D eigenvalue weighted by Gasteiger charge is -2.17. The molecule has 0 fully saturated rings. The molecule has 0 rings (SSSR count). The molecule has 0 aromatic rings. The van der Waals surface area contributed by atoms with Gasteiger partial charge in [0.25, 0.3) is 0 Å². The van der Waals surface area contributed by atoms with E-state index < -0.39 is 11.9 Å². The summed E-state index contributed by atoms with van der Waals surface area (Å²) in [5.74, 6) is -0.962. The van der Waals surface area contributed by atoms with E-state index in [2.05, 4.69) is 20.3 Å². The largest absolute Gasteiger partial charge is 0.478 e. The van der Waals surface area contributed by atoms with Gasteiger partial charge in [-0.1, -0.05) is 78.3 Å². The molecule has 158 valence electrons. The average Bonchev–Trinajstić information content (AvgIpc) is 2.48. The fourth-order valence-electron chi connectivity index (χ4n) is 0.795. The third-order valence-corrected chi connectivity index (χ3v) is 2.36. The Balaban J connectivity index is -0.0000000830. The molecule has 0 aliphatic heterocycles. The summed E-state index contributed by atoms with van der Waals surface area (Å²) in [6, 6.07) is 0. The molecule has 6 nitrogen and oxygen atoms in total. The minimum atomic E-state index is -1.22. The summed E-state index contributed by atoms with van der Waals surface area (Å²) in [7, 11) is 0. The first-order valence-electron chi connectivity index (χ1n) is 7.60. The molecule has 0 heterocycles. The number of hydrogen-bond acceptors (Lipinski definition) is 4. The maximum Gasteiger partial charge on any atom is 0.381 e. The second-order valence-corrected chi connectivity index (χ2v) is 6.70. The molecular formula is C18H29I3O6. The van der Waals surface area contributed by atoms with E-state index in [4.69, 9.17) is 19.7 Å². The van der Waals surface area contributed by atoms with Gasteiger partial charge in [0.2, 0.25) is 0 Å². The van der Waals surface area contributed by atoms with Crippen LogP contribution in [0.2, 0.25) is 0 Å². The van der Waals surface area contributed by atoms with Crippen LogP contribution in [0.15, 0.2) is 20.3 Å². The maximum absolute atomic E-state index is 10.7. The maximum atomic E-state index is 10.7. The van der Waals surface area contributed by atoms with E-state index in [1.807, 2.05) is 66.0 Å². The van der Waals surface area contributed by atoms with Crippen molar-refractivity contribution in [2.75, 3.05) is 0 Å². The number of carboxylic acids is 2. The van der Waals surface area contributed by atoms with E-state index in [0.29, 0.717) is 0 Å². The second kappa shape index (κ2) is 27.9. The van der Waals surface area contributed by atoms with Crippen LogP contribution in [0, 0.1) is 12.3 Å². The van der Waals surface area contributed by atoms with Gasteiger partial charge < -0.3 is 14.9 Å². The van der Waals surface area contributed by atoms with E-state index in [-0.39, 0.29) is 35.5 Å². The van der Waals surface area contributed by atoms with Crippen molar-refractivity contribution in [1.82, 2.24) is 0 Å². The number of unbranched alkanes of at least 4 members (excludes halogenated alkanes) is 2. The predicted molar refractivity (Wildman–Crippen MR) is 137 cm³/mol. The van der Waals surface area contributed by atoms with Crippen molar-refractivity contribution >= 4 is 87.1 Å². The fourth-order valence-corrected chi connectivity index (χ4v) is 1.40. The number of carbonyl (C=O) groups excluding carboxylic acids is 1. The Hall–Kier alpha value is -0.360. The van der Waals surface area contributed by atoms with Gasteiger partial charge >= 0.3 is 17.9 Å². The Kier molecular flexibility index (Phi) is 38.6. The van der Waals surface area contributed by atoms with Crippen molar-refractivity contribution in [2.45, 2.75) is 59.5 Å². The Labute approximate surface area is 206 Å². The molecule has 0 aliphatic rings. The van der Waals surface area contributed by atoms with Gasteiger partial charge in [0.15, 0.2) is 0 Å². The van der Waals surface area contributed by atoms with Crippen molar-refractivity contribution in [1.29, 1.82) is 0 Å². The zero-order valence-corrected chi connectivity index (χ0v) is 22.8. The Bertz CT molecular complexity index is 472. The third kappa shape index (κ3) is 66.9. The first kappa shape index (κ1) is 37.4. The van der Waals surface area contributed by atoms with Gasteiger partial charge in [0.05, 0.1) is 0 Å². The van der Waals surface area contributed by atoms with Gasteiger partial charge in [-0.3, -0.25) is 0 Å². The Morgan fingerprint density at radius 1 is 1.04 bits per heavy atom. The molecule has 2 N–H and O–H groups in total. The number of carbonyl (C=O) groups is 3. The zero-order chi connectivity index (χ0) is 21.6. The first-order chi connectivity index (χ1) is 11.9. The molecule has 0 spiro atoms. The second-order valence-electron chi connectivity index (χ2n) is 5.26. The summed E-state index contributed by atoms with van der Waals surface area (Å²) >= 11 is 3.81. The highest BCUT2D eigenvalue weighted by Gasteiger charge is 2.13. The van der Waals surface area contributed by atoms with Crippen molar-refractivity contribution in [2.24, 2.45) is 0 Å². The topological polar surface area (TPSA) is 101 Å². The molecule has 0 aliphatic carbocycles. The minimum absolute atomic E-state index is 0. The Morgan fingerprint density at radius 2 is 1.41 bits per heavy atom. The van der Waals surface area contributed by atoms with Crippen LogP contribution in [0.1, 0.15) is 53.9 Å². The highest BCUT2D eigenvalue weighted by atomic mass is 127. The van der Waals surface area contributed by atoms with Gasteiger partial charge in [-0.05, 0) is 28.9 Å². The van der Waals surface area contributed by atoms with Crippen LogP contribution >= 0.6 is 69.2 Å². The highest BCUT2D eigenvalue weighted by Crippen LogP contribution is 2.07. The summed E-state index contributed by atoms with van der Waals surface area (Å²) < 4.78 is 8.02. The number of hydrogen-bond donors (Lipinski definition) is 2. The lowest BCUT2D eigenvalue weighted by atomic mass is 10.2. The average molecular weight is 722 g/mol. The smallest absolute Gasteiger partial charge is 0.381 e. The molecule has 9 heteroatoms. The molecule has 0 aromatic carbocycles. The summed E-state index contributed by atoms with van der Waals surface area (Å²) in [5, 5.41) is 15.3. The molecule has 0 bridgehead atoms. The van der Waals surface area contributed by atoms with E-state index in [9.17, 15) is 9.59 Å². The normalized spacial score (nSPS) is 9.11. The zero-order valence-electron chi connectivity index (χ0n) is 16.2. The van der Waals surface area contributed by atoms with E-state index in [1.165, 1.54) is 35.3 Å². The van der Waals surface area contributed by atoms with Gasteiger partial charge in [-0.25, -0.2) is 14.4 Å². The molecule has 0 saturated heterocycles. The van der Waals surface area contributed by atoms with Crippen LogP contribution in [0.25, 0.3) is 0 Å². The summed E-state index contributed by atoms with van der Waals surface area (Å²) in [5.41, 5.74) is -0.382. The quantitative estimate of drug-likeness (QED) is 0.165. The number of ether oxygens (including phenoxy) is 1. The summed E-state index contributed by atoms with van der Waals surface area (Å²) in [6.45, 7) is 9.94. The predicted octanol–water partition coefficient (Wildman–Crippen LogP) is 5.82. The van der Waals surface area contributed by atoms with Gasteiger partial charge in [-0.15, -0.1) is 30.4 Å². The van der Waals surface area contributed by atoms with Crippen molar-refractivity contribution < 1.29 is 29.3 Å². The van der Waals surface area contributed by atoms with Gasteiger partial charge in [0, 0.05) is 18.1 Å². The molecule has 0 atom stereocenters. The molecule has 0 amide bonds. The Morgan fingerprint density at radius 3 is 1.52 bits per heavy atom. The number of halogens is 3. The number of carboxylic acid groups (broad SMARTS) is 2. The molecule has 0 unspecified atom stereocenters. The summed E-state index contributed by atoms with van der Waals surface area (Å²) in [6.07, 6.45) is 10.9. The lowest BCUT2D eigenvalue weighted by molar-refractivity contribution is -0.148. The molecule has 27 heavy (non-hydrogen) atoms. The van der Waals surface area contributed by atoms with Crippen molar-refractivity contribution in [3.05, 3.63) is 20.3 Å². The first-order valence-corrected chi connectivity index (χ1v) is 10.1. The van der Waals surface area contributed by atoms with E-state index in [0.717, 1.165) is 6.08 Å². The number of rotatable bonds is 4. The number of aliphatic carboxylic acids is 2. The van der Waals surface area contributed by atoms with Crippen LogP contribution in [-0.4, -0.2) is 33.7 Å². The van der Waals surface area contributed by atoms with E-state index >= 15 is 0 Å². The SMILES string of the molecule is C#CC(=O)O.CC(C)(C)OC(=O)/C=C\I.CCCCC.I.O=C(O)/C=C\I. The fraction of sp³-hybridized carbons (Fsp3) is 0.500. The van der Waals surface area contributed by atoms with Crippen LogP contribution in [0.5, 0.6) is 0 Å². The van der Waals surface area contributed by atoms with Gasteiger partial charge in [-0.2, -0.15) is 0 Å². The third-order valence-electron chi connectivity index (χ3n) is 1.64. The van der Waals surface area contributed by atoms with Crippen LogP contribution in [0.4, 0.5) is 0 Å². The molecular weight excluding hydrogens is 693 g/mol. The molecule has 0 radical (unpaired) electrons. The highest BCUT2D eigenvalue weighted by molar-refractivity contribution is 14.1. The van der Waals surface area contributed by atoms with Gasteiger partial charge in [0.1, 0.15) is 5.60 Å². The summed E-state index contributed by atoms with van der Waals surface area (Å²) in [4.78, 5) is 29.4. The number of esters is 1. The molecule has 0 aromatic heterocycles. The van der Waals surface area contributed by atoms with Crippen molar-refractivity contribution in [3.8, 4) is 12.3 Å². The number of terminal acetylenes is 1. The van der Waals surface area contributed by atoms with Crippen LogP contribution in [0.3, 0.4) is 0 Å². The van der Waals surface area contributed by atoms with Crippen molar-refractivity contribution in [3.63, 3.8) is 0 Å². The standard InChI is InChI=1S/C7H11IO2.C5H12.C3H3IO2.C3H2O2.HI/c1-7(2,3)10-6(9)4-5-8;1-3-5-4-2;4-2-1-3(5)6;1-2-3(4)5;/h4-5H,1-3H3;3-5H2,1-2H3;1-2H,(H,5,6);1H,(H,4,5);1H/b5-4-;;2-1-;;. The van der Waals surface area contributed by atoms with E-state index in [1.54, 1.807) is 4.08 Å². The van der Waals surface area contributed by atoms with Crippen LogP contribution < -0.4 is 0 Å². The monoisotopic (exact) mass is 722 g/mol. The van der Waals surface area contributed by atoms with Crippen LogP contribution in [-0.2, 0) is 19.1 Å². The lowest BCUT2D eigenvalue weighted by Crippen LogP contribution is -2.22. The minimum Gasteiger partial charge on any atom is -0.478 e.